The van der Waals surface area contributed by atoms with Gasteiger partial charge in [0, 0.05) is 6.54 Å². The Morgan fingerprint density at radius 1 is 0.952 bits per heavy atom. The molecule has 0 heterocycles. The Morgan fingerprint density at radius 3 is 1.95 bits per heavy atom. The highest BCUT2D eigenvalue weighted by Crippen LogP contribution is 2.18. The molecule has 0 saturated heterocycles. The molecule has 1 atom stereocenters. The molecule has 0 aromatic heterocycles. The quantitative estimate of drug-likeness (QED) is 0.921. The number of sulfonamides is 1. The first kappa shape index (κ1) is 15.7. The van der Waals surface area contributed by atoms with E-state index in [1.807, 2.05) is 13.8 Å². The minimum atomic E-state index is -3.68. The van der Waals surface area contributed by atoms with Gasteiger partial charge in [0.2, 0.25) is 10.0 Å². The van der Waals surface area contributed by atoms with Gasteiger partial charge in [-0.2, -0.15) is 0 Å². The number of aryl methyl sites for hydroxylation is 2. The lowest BCUT2D eigenvalue weighted by Gasteiger charge is -2.11. The molecule has 0 saturated carbocycles. The van der Waals surface area contributed by atoms with Crippen molar-refractivity contribution in [3.8, 4) is 0 Å². The van der Waals surface area contributed by atoms with Crippen LogP contribution >= 0.6 is 0 Å². The largest absolute Gasteiger partial charge is 0.241 e. The van der Waals surface area contributed by atoms with Gasteiger partial charge in [-0.3, -0.25) is 0 Å². The lowest BCUT2D eigenvalue weighted by atomic mass is 10.1. The van der Waals surface area contributed by atoms with E-state index < -0.39 is 16.2 Å². The molecule has 0 aliphatic carbocycles. The van der Waals surface area contributed by atoms with Gasteiger partial charge in [-0.15, -0.1) is 0 Å². The highest BCUT2D eigenvalue weighted by Gasteiger charge is 2.17. The highest BCUT2D eigenvalue weighted by atomic mass is 32.2. The molecule has 1 unspecified atom stereocenters. The van der Waals surface area contributed by atoms with E-state index in [1.54, 1.807) is 36.4 Å². The number of halogens is 1. The third-order valence-corrected chi connectivity index (χ3v) is 4.66. The molecular weight excluding hydrogens is 289 g/mol. The number of hydrogen-bond acceptors (Lipinski definition) is 2. The van der Waals surface area contributed by atoms with Crippen molar-refractivity contribution in [2.75, 3.05) is 6.54 Å². The topological polar surface area (TPSA) is 46.2 Å². The lowest BCUT2D eigenvalue weighted by molar-refractivity contribution is 0.343. The molecule has 112 valence electrons. The van der Waals surface area contributed by atoms with Crippen LogP contribution < -0.4 is 4.72 Å². The van der Waals surface area contributed by atoms with E-state index in [2.05, 4.69) is 4.72 Å². The molecule has 2 aromatic carbocycles. The maximum absolute atomic E-state index is 14.1. The van der Waals surface area contributed by atoms with Crippen molar-refractivity contribution in [3.63, 3.8) is 0 Å². The van der Waals surface area contributed by atoms with Crippen LogP contribution in [0.15, 0.2) is 53.4 Å². The minimum Gasteiger partial charge on any atom is -0.241 e. The number of alkyl halides is 1. The Bertz CT molecular complexity index is 694. The molecule has 1 N–H and O–H groups in total. The molecule has 0 aliphatic heterocycles. The number of nitrogens with one attached hydrogen (secondary N) is 1. The van der Waals surface area contributed by atoms with Gasteiger partial charge in [0.05, 0.1) is 4.90 Å². The summed E-state index contributed by atoms with van der Waals surface area (Å²) >= 11 is 0. The summed E-state index contributed by atoms with van der Waals surface area (Å²) in [6.45, 7) is 3.51. The summed E-state index contributed by atoms with van der Waals surface area (Å²) < 4.78 is 40.5. The van der Waals surface area contributed by atoms with E-state index in [1.165, 1.54) is 12.1 Å². The Labute approximate surface area is 124 Å². The fourth-order valence-electron chi connectivity index (χ4n) is 1.88. The first-order valence-corrected chi connectivity index (χ1v) is 8.14. The van der Waals surface area contributed by atoms with E-state index >= 15 is 0 Å². The summed E-state index contributed by atoms with van der Waals surface area (Å²) in [5, 5.41) is 0. The molecular formula is C16H18FNO2S. The summed E-state index contributed by atoms with van der Waals surface area (Å²) in [6.07, 6.45) is -1.37. The van der Waals surface area contributed by atoms with Crippen molar-refractivity contribution in [1.29, 1.82) is 0 Å². The monoisotopic (exact) mass is 307 g/mol. The first-order chi connectivity index (χ1) is 9.88. The molecule has 5 heteroatoms. The molecule has 0 aliphatic rings. The SMILES string of the molecule is Cc1ccc(C(F)CNS(=O)(=O)c2ccc(C)cc2)cc1. The number of rotatable bonds is 5. The van der Waals surface area contributed by atoms with Crippen LogP contribution in [0.2, 0.25) is 0 Å². The molecule has 2 rings (SSSR count). The van der Waals surface area contributed by atoms with Crippen LogP contribution in [-0.4, -0.2) is 15.0 Å². The van der Waals surface area contributed by atoms with Crippen molar-refractivity contribution in [3.05, 3.63) is 65.2 Å². The van der Waals surface area contributed by atoms with E-state index in [-0.39, 0.29) is 11.4 Å². The summed E-state index contributed by atoms with van der Waals surface area (Å²) in [6, 6.07) is 13.4. The molecule has 0 amide bonds. The summed E-state index contributed by atoms with van der Waals surface area (Å²) in [4.78, 5) is 0.143. The zero-order chi connectivity index (χ0) is 15.5. The smallest absolute Gasteiger partial charge is 0.240 e. The van der Waals surface area contributed by atoms with Crippen molar-refractivity contribution in [2.24, 2.45) is 0 Å². The van der Waals surface area contributed by atoms with Gasteiger partial charge >= 0.3 is 0 Å². The van der Waals surface area contributed by atoms with Crippen LogP contribution in [0, 0.1) is 13.8 Å². The first-order valence-electron chi connectivity index (χ1n) is 6.65. The van der Waals surface area contributed by atoms with Crippen molar-refractivity contribution in [1.82, 2.24) is 4.72 Å². The second-order valence-electron chi connectivity index (χ2n) is 5.04. The second-order valence-corrected chi connectivity index (χ2v) is 6.81. The van der Waals surface area contributed by atoms with Gasteiger partial charge in [-0.05, 0) is 31.5 Å². The standard InChI is InChI=1S/C16H18FNO2S/c1-12-3-7-14(8-4-12)16(17)11-18-21(19,20)15-9-5-13(2)6-10-15/h3-10,16,18H,11H2,1-2H3. The molecule has 2 aromatic rings. The fraction of sp³-hybridized carbons (Fsp3) is 0.250. The van der Waals surface area contributed by atoms with E-state index in [0.717, 1.165) is 11.1 Å². The third-order valence-electron chi connectivity index (χ3n) is 3.22. The van der Waals surface area contributed by atoms with Gasteiger partial charge < -0.3 is 0 Å². The van der Waals surface area contributed by atoms with Crippen LogP contribution in [-0.2, 0) is 10.0 Å². The van der Waals surface area contributed by atoms with Crippen LogP contribution in [0.3, 0.4) is 0 Å². The van der Waals surface area contributed by atoms with Crippen LogP contribution in [0.25, 0.3) is 0 Å². The average molecular weight is 307 g/mol. The normalized spacial score (nSPS) is 13.1. The Morgan fingerprint density at radius 2 is 1.43 bits per heavy atom. The molecule has 0 radical (unpaired) electrons. The summed E-state index contributed by atoms with van der Waals surface area (Å²) in [5.74, 6) is 0. The predicted molar refractivity (Wildman–Crippen MR) is 81.4 cm³/mol. The average Bonchev–Trinajstić information content (AvgIpc) is 2.46. The molecule has 0 spiro atoms. The molecule has 0 fully saturated rings. The van der Waals surface area contributed by atoms with Crippen molar-refractivity contribution < 1.29 is 12.8 Å². The van der Waals surface area contributed by atoms with Crippen molar-refractivity contribution >= 4 is 10.0 Å². The zero-order valence-corrected chi connectivity index (χ0v) is 12.8. The van der Waals surface area contributed by atoms with Gasteiger partial charge in [0.25, 0.3) is 0 Å². The van der Waals surface area contributed by atoms with Gasteiger partial charge in [-0.1, -0.05) is 47.5 Å². The van der Waals surface area contributed by atoms with Gasteiger partial charge in [-0.25, -0.2) is 17.5 Å². The minimum absolute atomic E-state index is 0.143. The van der Waals surface area contributed by atoms with Crippen LogP contribution in [0.1, 0.15) is 22.9 Å². The molecule has 0 bridgehead atoms. The molecule has 21 heavy (non-hydrogen) atoms. The van der Waals surface area contributed by atoms with Crippen LogP contribution in [0.5, 0.6) is 0 Å². The fourth-order valence-corrected chi connectivity index (χ4v) is 2.90. The van der Waals surface area contributed by atoms with Gasteiger partial charge in [0.1, 0.15) is 6.17 Å². The third kappa shape index (κ3) is 4.12. The van der Waals surface area contributed by atoms with E-state index in [0.29, 0.717) is 5.56 Å². The second kappa shape index (κ2) is 6.37. The Kier molecular flexibility index (Phi) is 4.75. The summed E-state index contributed by atoms with van der Waals surface area (Å²) in [5.41, 5.74) is 2.47. The maximum Gasteiger partial charge on any atom is 0.240 e. The summed E-state index contributed by atoms with van der Waals surface area (Å²) in [7, 11) is -3.68. The van der Waals surface area contributed by atoms with E-state index in [9.17, 15) is 12.8 Å². The maximum atomic E-state index is 14.1. The lowest BCUT2D eigenvalue weighted by Crippen LogP contribution is -2.27. The number of benzene rings is 2. The van der Waals surface area contributed by atoms with E-state index in [4.69, 9.17) is 0 Å². The zero-order valence-electron chi connectivity index (χ0n) is 12.0. The van der Waals surface area contributed by atoms with Crippen molar-refractivity contribution in [2.45, 2.75) is 24.9 Å². The van der Waals surface area contributed by atoms with Crippen LogP contribution in [0.4, 0.5) is 4.39 Å². The Hall–Kier alpha value is -1.72. The Balaban J connectivity index is 2.04. The predicted octanol–water partition coefficient (Wildman–Crippen LogP) is 3.29. The highest BCUT2D eigenvalue weighted by molar-refractivity contribution is 7.89. The molecule has 3 nitrogen and oxygen atoms in total. The number of hydrogen-bond donors (Lipinski definition) is 1. The van der Waals surface area contributed by atoms with Gasteiger partial charge in [0.15, 0.2) is 0 Å².